The first-order chi connectivity index (χ1) is 9.04. The molecule has 2 aromatic rings. The molecule has 0 aromatic heterocycles. The zero-order valence-corrected chi connectivity index (χ0v) is 11.4. The molecule has 98 valence electrons. The molecule has 0 saturated heterocycles. The summed E-state index contributed by atoms with van der Waals surface area (Å²) in [5, 5.41) is 5.23. The zero-order chi connectivity index (χ0) is 13.8. The largest absolute Gasteiger partial charge is 0.399 e. The summed E-state index contributed by atoms with van der Waals surface area (Å²) in [6.45, 7) is 0. The van der Waals surface area contributed by atoms with Crippen molar-refractivity contribution in [1.82, 2.24) is 0 Å². The molecular weight excluding hydrogens is 313 g/mol. The third-order valence-electron chi connectivity index (χ3n) is 2.32. The van der Waals surface area contributed by atoms with Gasteiger partial charge in [0.25, 0.3) is 0 Å². The Morgan fingerprint density at radius 3 is 2.63 bits per heavy atom. The van der Waals surface area contributed by atoms with Crippen LogP contribution in [0.3, 0.4) is 0 Å². The number of hydrogen-bond donors (Lipinski definition) is 3. The van der Waals surface area contributed by atoms with E-state index in [1.807, 2.05) is 0 Å². The normalized spacial score (nSPS) is 10.0. The molecule has 0 fully saturated rings. The van der Waals surface area contributed by atoms with Gasteiger partial charge in [-0.15, -0.1) is 0 Å². The fraction of sp³-hybridized carbons (Fsp3) is 0. The van der Waals surface area contributed by atoms with Crippen LogP contribution in [-0.2, 0) is 0 Å². The fourth-order valence-electron chi connectivity index (χ4n) is 1.49. The van der Waals surface area contributed by atoms with Crippen LogP contribution in [0.25, 0.3) is 0 Å². The average molecular weight is 324 g/mol. The molecule has 0 unspecified atom stereocenters. The van der Waals surface area contributed by atoms with Crippen LogP contribution in [-0.4, -0.2) is 6.03 Å². The maximum absolute atomic E-state index is 12.9. The van der Waals surface area contributed by atoms with Gasteiger partial charge in [-0.05, 0) is 52.3 Å². The molecule has 0 saturated carbocycles. The number of amides is 2. The smallest absolute Gasteiger partial charge is 0.323 e. The molecule has 0 bridgehead atoms. The third kappa shape index (κ3) is 3.69. The Bertz CT molecular complexity index is 619. The Labute approximate surface area is 117 Å². The van der Waals surface area contributed by atoms with Crippen molar-refractivity contribution in [3.8, 4) is 0 Å². The van der Waals surface area contributed by atoms with Gasteiger partial charge in [-0.25, -0.2) is 9.18 Å². The topological polar surface area (TPSA) is 67.1 Å². The summed E-state index contributed by atoms with van der Waals surface area (Å²) in [6.07, 6.45) is 0. The monoisotopic (exact) mass is 323 g/mol. The third-order valence-corrected chi connectivity index (χ3v) is 2.98. The number of halogens is 2. The van der Waals surface area contributed by atoms with Crippen LogP contribution >= 0.6 is 15.9 Å². The van der Waals surface area contributed by atoms with Crippen molar-refractivity contribution >= 4 is 39.0 Å². The summed E-state index contributed by atoms with van der Waals surface area (Å²) in [5.74, 6) is -0.381. The molecule has 0 aliphatic carbocycles. The first-order valence-corrected chi connectivity index (χ1v) is 6.22. The number of rotatable bonds is 2. The molecule has 2 amide bonds. The van der Waals surface area contributed by atoms with Gasteiger partial charge in [0.2, 0.25) is 0 Å². The minimum Gasteiger partial charge on any atom is -0.399 e. The number of nitrogens with two attached hydrogens (primary N) is 1. The summed E-state index contributed by atoms with van der Waals surface area (Å²) in [4.78, 5) is 11.8. The van der Waals surface area contributed by atoms with Crippen molar-refractivity contribution in [3.63, 3.8) is 0 Å². The van der Waals surface area contributed by atoms with Crippen LogP contribution in [0.2, 0.25) is 0 Å². The highest BCUT2D eigenvalue weighted by Gasteiger charge is 2.06. The number of carbonyl (C=O) groups excluding carboxylic acids is 1. The van der Waals surface area contributed by atoms with Crippen LogP contribution in [0.5, 0.6) is 0 Å². The minimum atomic E-state index is -0.432. The van der Waals surface area contributed by atoms with Crippen LogP contribution in [0, 0.1) is 5.82 Å². The summed E-state index contributed by atoms with van der Waals surface area (Å²) in [6, 6.07) is 10.4. The number of carbonyl (C=O) groups is 1. The Hall–Kier alpha value is -2.08. The zero-order valence-electron chi connectivity index (χ0n) is 9.78. The highest BCUT2D eigenvalue weighted by molar-refractivity contribution is 9.10. The molecule has 19 heavy (non-hydrogen) atoms. The lowest BCUT2D eigenvalue weighted by atomic mass is 10.3. The molecule has 6 heteroatoms. The van der Waals surface area contributed by atoms with E-state index in [2.05, 4.69) is 26.6 Å². The number of hydrogen-bond acceptors (Lipinski definition) is 2. The fourth-order valence-corrected chi connectivity index (χ4v) is 1.94. The van der Waals surface area contributed by atoms with E-state index in [1.54, 1.807) is 24.3 Å². The van der Waals surface area contributed by atoms with Crippen molar-refractivity contribution in [3.05, 3.63) is 52.8 Å². The number of benzene rings is 2. The summed E-state index contributed by atoms with van der Waals surface area (Å²) < 4.78 is 13.4. The second-order valence-corrected chi connectivity index (χ2v) is 4.68. The SMILES string of the molecule is Nc1cccc(NC(=O)Nc2ccc(F)cc2Br)c1. The number of nitrogen functional groups attached to an aromatic ring is 1. The molecule has 0 aliphatic rings. The Morgan fingerprint density at radius 2 is 1.95 bits per heavy atom. The van der Waals surface area contributed by atoms with E-state index in [9.17, 15) is 9.18 Å². The van der Waals surface area contributed by atoms with Crippen LogP contribution < -0.4 is 16.4 Å². The maximum Gasteiger partial charge on any atom is 0.323 e. The predicted octanol–water partition coefficient (Wildman–Crippen LogP) is 3.81. The second-order valence-electron chi connectivity index (χ2n) is 3.83. The second kappa shape index (κ2) is 5.71. The molecule has 0 heterocycles. The first-order valence-electron chi connectivity index (χ1n) is 5.43. The van der Waals surface area contributed by atoms with E-state index in [1.165, 1.54) is 18.2 Å². The van der Waals surface area contributed by atoms with Crippen molar-refractivity contribution in [1.29, 1.82) is 0 Å². The number of nitrogens with one attached hydrogen (secondary N) is 2. The molecule has 4 nitrogen and oxygen atoms in total. The molecule has 0 spiro atoms. The Kier molecular flexibility index (Phi) is 4.01. The van der Waals surface area contributed by atoms with Crippen molar-refractivity contribution in [2.24, 2.45) is 0 Å². The quantitative estimate of drug-likeness (QED) is 0.735. The first kappa shape index (κ1) is 13.4. The van der Waals surface area contributed by atoms with Gasteiger partial charge in [-0.2, -0.15) is 0 Å². The predicted molar refractivity (Wildman–Crippen MR) is 77.6 cm³/mol. The maximum atomic E-state index is 12.9. The number of urea groups is 1. The molecular formula is C13H11BrFN3O. The molecule has 2 rings (SSSR count). The lowest BCUT2D eigenvalue weighted by molar-refractivity contribution is 0.262. The van der Waals surface area contributed by atoms with E-state index in [0.717, 1.165) is 0 Å². The van der Waals surface area contributed by atoms with Crippen molar-refractivity contribution in [2.45, 2.75) is 0 Å². The molecule has 0 radical (unpaired) electrons. The van der Waals surface area contributed by atoms with E-state index >= 15 is 0 Å². The standard InChI is InChI=1S/C13H11BrFN3O/c14-11-6-8(15)4-5-12(11)18-13(19)17-10-3-1-2-9(16)7-10/h1-7H,16H2,(H2,17,18,19). The van der Waals surface area contributed by atoms with Crippen LogP contribution in [0.15, 0.2) is 46.9 Å². The summed E-state index contributed by atoms with van der Waals surface area (Å²) in [7, 11) is 0. The highest BCUT2D eigenvalue weighted by Crippen LogP contribution is 2.23. The van der Waals surface area contributed by atoms with Gasteiger partial charge < -0.3 is 16.4 Å². The Morgan fingerprint density at radius 1 is 1.16 bits per heavy atom. The van der Waals surface area contributed by atoms with Gasteiger partial charge >= 0.3 is 6.03 Å². The molecule has 4 N–H and O–H groups in total. The molecule has 2 aromatic carbocycles. The average Bonchev–Trinajstić information content (AvgIpc) is 2.33. The van der Waals surface area contributed by atoms with E-state index < -0.39 is 6.03 Å². The van der Waals surface area contributed by atoms with Crippen molar-refractivity contribution < 1.29 is 9.18 Å². The van der Waals surface area contributed by atoms with Gasteiger partial charge in [0, 0.05) is 15.8 Å². The Balaban J connectivity index is 2.05. The van der Waals surface area contributed by atoms with E-state index in [-0.39, 0.29) is 5.82 Å². The number of anilines is 3. The van der Waals surface area contributed by atoms with Crippen LogP contribution in [0.4, 0.5) is 26.2 Å². The summed E-state index contributed by atoms with van der Waals surface area (Å²) in [5.41, 5.74) is 7.22. The van der Waals surface area contributed by atoms with Gasteiger partial charge in [-0.3, -0.25) is 0 Å². The summed E-state index contributed by atoms with van der Waals surface area (Å²) >= 11 is 3.17. The van der Waals surface area contributed by atoms with Gasteiger partial charge in [0.15, 0.2) is 0 Å². The lowest BCUT2D eigenvalue weighted by Gasteiger charge is -2.09. The van der Waals surface area contributed by atoms with Gasteiger partial charge in [-0.1, -0.05) is 6.07 Å². The molecule has 0 atom stereocenters. The highest BCUT2D eigenvalue weighted by atomic mass is 79.9. The van der Waals surface area contributed by atoms with Gasteiger partial charge in [0.05, 0.1) is 5.69 Å². The van der Waals surface area contributed by atoms with Crippen LogP contribution in [0.1, 0.15) is 0 Å². The lowest BCUT2D eigenvalue weighted by Crippen LogP contribution is -2.19. The van der Waals surface area contributed by atoms with E-state index in [0.29, 0.717) is 21.5 Å². The van der Waals surface area contributed by atoms with E-state index in [4.69, 9.17) is 5.73 Å². The minimum absolute atomic E-state index is 0.381. The van der Waals surface area contributed by atoms with Crippen molar-refractivity contribution in [2.75, 3.05) is 16.4 Å². The van der Waals surface area contributed by atoms with Gasteiger partial charge in [0.1, 0.15) is 5.82 Å². The molecule has 0 aliphatic heterocycles.